The summed E-state index contributed by atoms with van der Waals surface area (Å²) in [5, 5.41) is 26.8. The summed E-state index contributed by atoms with van der Waals surface area (Å²) in [4.78, 5) is 34.9. The molecule has 140 valence electrons. The summed E-state index contributed by atoms with van der Waals surface area (Å²) in [6.45, 7) is -1.03. The van der Waals surface area contributed by atoms with Gasteiger partial charge in [-0.15, -0.1) is 0 Å². The molecule has 0 aliphatic heterocycles. The van der Waals surface area contributed by atoms with Crippen LogP contribution in [-0.4, -0.2) is 106 Å². The van der Waals surface area contributed by atoms with Gasteiger partial charge in [-0.25, -0.2) is 4.79 Å². The van der Waals surface area contributed by atoms with Crippen molar-refractivity contribution in [3.8, 4) is 0 Å². The molecule has 0 fully saturated rings. The van der Waals surface area contributed by atoms with E-state index in [0.29, 0.717) is 0 Å². The van der Waals surface area contributed by atoms with Crippen molar-refractivity contribution in [1.29, 1.82) is 0 Å². The Kier molecular flexibility index (Phi) is 10.1. The van der Waals surface area contributed by atoms with Crippen LogP contribution in [0.25, 0.3) is 0 Å². The minimum absolute atomic E-state index is 0.0353. The summed E-state index contributed by atoms with van der Waals surface area (Å²) in [7, 11) is 1.28. The van der Waals surface area contributed by atoms with Crippen LogP contribution in [0.1, 0.15) is 0 Å². The highest BCUT2D eigenvalue weighted by Crippen LogP contribution is 2.13. The van der Waals surface area contributed by atoms with Crippen molar-refractivity contribution in [1.82, 2.24) is 9.80 Å². The van der Waals surface area contributed by atoms with E-state index in [2.05, 4.69) is 0 Å². The summed E-state index contributed by atoms with van der Waals surface area (Å²) in [5.41, 5.74) is 0. The first-order chi connectivity index (χ1) is 11.2. The van der Waals surface area contributed by atoms with Gasteiger partial charge in [0, 0.05) is 47.0 Å². The molecule has 0 atom stereocenters. The molecule has 0 unspecified atom stereocenters. The standard InChI is InChI=1S/C12H24N2O9Si/c1-21-24(22-2,23-3)7-6-14(12(19)20)5-4-13(8-10(15)16)9-11(17)18/h4-9H2,1-3H3,(H,15,16)(H,17,18)(H,19,20). The number of aliphatic carboxylic acids is 2. The third-order valence-electron chi connectivity index (χ3n) is 3.30. The van der Waals surface area contributed by atoms with E-state index in [1.54, 1.807) is 0 Å². The van der Waals surface area contributed by atoms with E-state index in [9.17, 15) is 19.5 Å². The zero-order valence-corrected chi connectivity index (χ0v) is 14.9. The van der Waals surface area contributed by atoms with Crippen LogP contribution >= 0.6 is 0 Å². The number of rotatable bonds is 13. The average Bonchev–Trinajstić information content (AvgIpc) is 2.50. The molecular weight excluding hydrogens is 344 g/mol. The van der Waals surface area contributed by atoms with Gasteiger partial charge in [-0.1, -0.05) is 0 Å². The normalized spacial score (nSPS) is 11.5. The van der Waals surface area contributed by atoms with Gasteiger partial charge in [0.2, 0.25) is 0 Å². The second kappa shape index (κ2) is 10.9. The number of hydrogen-bond donors (Lipinski definition) is 3. The van der Waals surface area contributed by atoms with Crippen LogP contribution in [0.5, 0.6) is 0 Å². The number of hydrogen-bond acceptors (Lipinski definition) is 7. The molecule has 0 bridgehead atoms. The third-order valence-corrected chi connectivity index (χ3v) is 6.00. The van der Waals surface area contributed by atoms with Crippen molar-refractivity contribution < 1.29 is 43.0 Å². The Morgan fingerprint density at radius 3 is 1.62 bits per heavy atom. The maximum Gasteiger partial charge on any atom is 0.501 e. The molecule has 0 heterocycles. The van der Waals surface area contributed by atoms with Gasteiger partial charge < -0.3 is 33.5 Å². The fraction of sp³-hybridized carbons (Fsp3) is 0.750. The molecule has 0 aliphatic carbocycles. The first-order valence-corrected chi connectivity index (χ1v) is 8.92. The lowest BCUT2D eigenvalue weighted by molar-refractivity contribution is -0.141. The average molecular weight is 368 g/mol. The lowest BCUT2D eigenvalue weighted by atomic mass is 10.4. The minimum atomic E-state index is -2.94. The lowest BCUT2D eigenvalue weighted by Gasteiger charge is -2.28. The van der Waals surface area contributed by atoms with Crippen molar-refractivity contribution in [2.24, 2.45) is 0 Å². The van der Waals surface area contributed by atoms with E-state index < -0.39 is 39.9 Å². The Labute approximate surface area is 140 Å². The van der Waals surface area contributed by atoms with E-state index in [1.165, 1.54) is 21.3 Å². The van der Waals surface area contributed by atoms with Crippen LogP contribution < -0.4 is 0 Å². The molecule has 0 aromatic rings. The van der Waals surface area contributed by atoms with Gasteiger partial charge in [-0.2, -0.15) is 0 Å². The number of carboxylic acid groups (broad SMARTS) is 3. The molecule has 24 heavy (non-hydrogen) atoms. The van der Waals surface area contributed by atoms with E-state index >= 15 is 0 Å². The summed E-state index contributed by atoms with van der Waals surface area (Å²) >= 11 is 0. The molecule has 12 heteroatoms. The van der Waals surface area contributed by atoms with Crippen LogP contribution in [0.3, 0.4) is 0 Å². The van der Waals surface area contributed by atoms with Gasteiger partial charge in [0.25, 0.3) is 0 Å². The van der Waals surface area contributed by atoms with Crippen LogP contribution in [0.2, 0.25) is 6.04 Å². The zero-order valence-electron chi connectivity index (χ0n) is 13.9. The molecule has 0 radical (unpaired) electrons. The predicted octanol–water partition coefficient (Wildman–Crippen LogP) is -0.684. The van der Waals surface area contributed by atoms with E-state index in [-0.39, 0.29) is 25.7 Å². The predicted molar refractivity (Wildman–Crippen MR) is 82.9 cm³/mol. The molecule has 11 nitrogen and oxygen atoms in total. The summed E-state index contributed by atoms with van der Waals surface area (Å²) in [5.74, 6) is -2.38. The highest BCUT2D eigenvalue weighted by Gasteiger charge is 2.38. The fourth-order valence-electron chi connectivity index (χ4n) is 1.99. The van der Waals surface area contributed by atoms with Gasteiger partial charge in [0.1, 0.15) is 0 Å². The Morgan fingerprint density at radius 1 is 0.833 bits per heavy atom. The molecular formula is C12H24N2O9Si. The molecule has 1 amide bonds. The SMILES string of the molecule is CO[Si](CCN(CCN(CC(=O)O)CC(=O)O)C(=O)O)(OC)OC. The van der Waals surface area contributed by atoms with Gasteiger partial charge >= 0.3 is 26.8 Å². The number of amides is 1. The second-order valence-electron chi connectivity index (χ2n) is 4.81. The van der Waals surface area contributed by atoms with Gasteiger partial charge in [0.15, 0.2) is 0 Å². The second-order valence-corrected chi connectivity index (χ2v) is 7.90. The van der Waals surface area contributed by atoms with Crippen LogP contribution in [-0.2, 0) is 22.9 Å². The molecule has 0 rings (SSSR count). The maximum absolute atomic E-state index is 11.3. The van der Waals surface area contributed by atoms with Gasteiger partial charge in [-0.3, -0.25) is 14.5 Å². The molecule has 0 spiro atoms. The Balaban J connectivity index is 4.73. The molecule has 0 saturated carbocycles. The highest BCUT2D eigenvalue weighted by molar-refractivity contribution is 6.60. The van der Waals surface area contributed by atoms with Gasteiger partial charge in [-0.05, 0) is 0 Å². The van der Waals surface area contributed by atoms with Crippen LogP contribution in [0.4, 0.5) is 4.79 Å². The smallest absolute Gasteiger partial charge is 0.480 e. The minimum Gasteiger partial charge on any atom is -0.480 e. The Bertz CT molecular complexity index is 406. The topological polar surface area (TPSA) is 146 Å². The summed E-state index contributed by atoms with van der Waals surface area (Å²) in [6.07, 6.45) is -1.22. The van der Waals surface area contributed by atoms with Crippen molar-refractivity contribution in [2.45, 2.75) is 6.04 Å². The molecule has 0 aromatic carbocycles. The zero-order chi connectivity index (χ0) is 18.8. The van der Waals surface area contributed by atoms with Crippen molar-refractivity contribution in [2.75, 3.05) is 54.1 Å². The van der Waals surface area contributed by atoms with Gasteiger partial charge in [0.05, 0.1) is 13.1 Å². The summed E-state index contributed by atoms with van der Waals surface area (Å²) in [6, 6.07) is 0.209. The molecule has 0 saturated heterocycles. The van der Waals surface area contributed by atoms with Crippen LogP contribution in [0.15, 0.2) is 0 Å². The Hall–Kier alpha value is -1.73. The van der Waals surface area contributed by atoms with Crippen molar-refractivity contribution in [3.05, 3.63) is 0 Å². The maximum atomic E-state index is 11.3. The first-order valence-electron chi connectivity index (χ1n) is 6.99. The third kappa shape index (κ3) is 8.21. The molecule has 0 aliphatic rings. The van der Waals surface area contributed by atoms with E-state index in [1.807, 2.05) is 0 Å². The largest absolute Gasteiger partial charge is 0.501 e. The summed E-state index contributed by atoms with van der Waals surface area (Å²) < 4.78 is 15.6. The first kappa shape index (κ1) is 22.3. The number of carboxylic acids is 2. The van der Waals surface area contributed by atoms with Crippen molar-refractivity contribution >= 4 is 26.8 Å². The highest BCUT2D eigenvalue weighted by atomic mass is 28.4. The number of nitrogens with zero attached hydrogens (tertiary/aromatic N) is 2. The fourth-order valence-corrected chi connectivity index (χ4v) is 3.65. The molecule has 0 aromatic heterocycles. The quantitative estimate of drug-likeness (QED) is 0.357. The monoisotopic (exact) mass is 368 g/mol. The van der Waals surface area contributed by atoms with E-state index in [0.717, 1.165) is 9.80 Å². The molecule has 3 N–H and O–H groups in total. The lowest BCUT2D eigenvalue weighted by Crippen LogP contribution is -2.48. The van der Waals surface area contributed by atoms with Crippen LogP contribution in [0, 0.1) is 0 Å². The van der Waals surface area contributed by atoms with Crippen molar-refractivity contribution in [3.63, 3.8) is 0 Å². The Morgan fingerprint density at radius 2 is 1.29 bits per heavy atom. The van der Waals surface area contributed by atoms with E-state index in [4.69, 9.17) is 23.5 Å². The number of carbonyl (C=O) groups is 3.